The highest BCUT2D eigenvalue weighted by atomic mass is 19.4. The lowest BCUT2D eigenvalue weighted by atomic mass is 10.2. The quantitative estimate of drug-likeness (QED) is 0.901. The number of anilines is 1. The lowest BCUT2D eigenvalue weighted by Crippen LogP contribution is -2.49. The molecule has 0 radical (unpaired) electrons. The molecular formula is C12H16F3N3O. The van der Waals surface area contributed by atoms with Crippen LogP contribution in [0.2, 0.25) is 0 Å². The minimum atomic E-state index is -4.15. The second kappa shape index (κ2) is 5.75. The van der Waals surface area contributed by atoms with Crippen molar-refractivity contribution in [3.8, 4) is 0 Å². The van der Waals surface area contributed by atoms with Crippen molar-refractivity contribution in [1.29, 1.82) is 0 Å². The van der Waals surface area contributed by atoms with Crippen molar-refractivity contribution in [3.63, 3.8) is 0 Å². The fourth-order valence-electron chi connectivity index (χ4n) is 2.23. The Morgan fingerprint density at radius 3 is 2.47 bits per heavy atom. The van der Waals surface area contributed by atoms with Crippen LogP contribution in [0.1, 0.15) is 5.56 Å². The van der Waals surface area contributed by atoms with E-state index in [0.717, 1.165) is 11.3 Å². The predicted octanol–water partition coefficient (Wildman–Crippen LogP) is 1.26. The third-order valence-corrected chi connectivity index (χ3v) is 3.17. The Morgan fingerprint density at radius 1 is 1.21 bits per heavy atom. The van der Waals surface area contributed by atoms with Gasteiger partial charge in [0.2, 0.25) is 0 Å². The zero-order valence-corrected chi connectivity index (χ0v) is 10.4. The molecule has 1 N–H and O–H groups in total. The number of hydrogen-bond donors (Lipinski definition) is 1. The molecule has 0 aliphatic carbocycles. The Bertz CT molecular complexity index is 417. The Hall–Kier alpha value is -1.34. The monoisotopic (exact) mass is 275 g/mol. The Kier molecular flexibility index (Phi) is 4.26. The lowest BCUT2D eigenvalue weighted by molar-refractivity contribution is -0.146. The Labute approximate surface area is 109 Å². The van der Waals surface area contributed by atoms with Gasteiger partial charge in [-0.05, 0) is 6.07 Å². The normalized spacial score (nSPS) is 17.8. The van der Waals surface area contributed by atoms with Gasteiger partial charge in [-0.2, -0.15) is 13.2 Å². The molecule has 1 aliphatic heterocycles. The number of halogens is 3. The molecule has 0 saturated carbocycles. The number of pyridine rings is 1. The molecule has 106 valence electrons. The van der Waals surface area contributed by atoms with Gasteiger partial charge in [0.05, 0.1) is 25.0 Å². The van der Waals surface area contributed by atoms with Crippen molar-refractivity contribution >= 4 is 5.69 Å². The van der Waals surface area contributed by atoms with Crippen LogP contribution in [0.4, 0.5) is 18.9 Å². The first-order chi connectivity index (χ1) is 8.99. The van der Waals surface area contributed by atoms with Crippen LogP contribution in [0.25, 0.3) is 0 Å². The highest BCUT2D eigenvalue weighted by molar-refractivity contribution is 5.51. The SMILES string of the molecule is OCc1ccncc1N1CCN(CC(F)(F)F)CC1. The molecule has 1 saturated heterocycles. The van der Waals surface area contributed by atoms with E-state index in [2.05, 4.69) is 4.98 Å². The highest BCUT2D eigenvalue weighted by Crippen LogP contribution is 2.22. The van der Waals surface area contributed by atoms with E-state index in [0.29, 0.717) is 26.2 Å². The van der Waals surface area contributed by atoms with E-state index >= 15 is 0 Å². The molecular weight excluding hydrogens is 259 g/mol. The van der Waals surface area contributed by atoms with Gasteiger partial charge < -0.3 is 10.0 Å². The van der Waals surface area contributed by atoms with E-state index in [1.807, 2.05) is 4.90 Å². The van der Waals surface area contributed by atoms with Crippen LogP contribution in [0.15, 0.2) is 18.5 Å². The average molecular weight is 275 g/mol. The average Bonchev–Trinajstić information content (AvgIpc) is 2.38. The summed E-state index contributed by atoms with van der Waals surface area (Å²) in [5, 5.41) is 9.24. The first-order valence-electron chi connectivity index (χ1n) is 6.07. The van der Waals surface area contributed by atoms with Crippen LogP contribution in [-0.4, -0.2) is 53.9 Å². The number of piperazine rings is 1. The van der Waals surface area contributed by atoms with Gasteiger partial charge in [-0.1, -0.05) is 0 Å². The summed E-state index contributed by atoms with van der Waals surface area (Å²) in [5.74, 6) is 0. The zero-order valence-electron chi connectivity index (χ0n) is 10.4. The van der Waals surface area contributed by atoms with Crippen LogP contribution in [0.3, 0.4) is 0 Å². The Morgan fingerprint density at radius 2 is 1.89 bits per heavy atom. The van der Waals surface area contributed by atoms with Crippen molar-refractivity contribution in [2.75, 3.05) is 37.6 Å². The molecule has 2 rings (SSSR count). The molecule has 0 atom stereocenters. The third kappa shape index (κ3) is 3.81. The summed E-state index contributed by atoms with van der Waals surface area (Å²) in [4.78, 5) is 7.36. The van der Waals surface area contributed by atoms with Gasteiger partial charge in [0.15, 0.2) is 0 Å². The largest absolute Gasteiger partial charge is 0.401 e. The number of hydrogen-bond acceptors (Lipinski definition) is 4. The maximum Gasteiger partial charge on any atom is 0.401 e. The predicted molar refractivity (Wildman–Crippen MR) is 64.9 cm³/mol. The first kappa shape index (κ1) is 14.1. The van der Waals surface area contributed by atoms with Crippen molar-refractivity contribution in [3.05, 3.63) is 24.0 Å². The van der Waals surface area contributed by atoms with Gasteiger partial charge in [0.25, 0.3) is 0 Å². The van der Waals surface area contributed by atoms with Crippen LogP contribution < -0.4 is 4.90 Å². The molecule has 0 bridgehead atoms. The molecule has 0 aromatic carbocycles. The van der Waals surface area contributed by atoms with Crippen molar-refractivity contribution in [1.82, 2.24) is 9.88 Å². The summed E-state index contributed by atoms with van der Waals surface area (Å²) in [6, 6.07) is 1.72. The zero-order chi connectivity index (χ0) is 13.9. The van der Waals surface area contributed by atoms with Crippen molar-refractivity contribution in [2.24, 2.45) is 0 Å². The molecule has 1 aromatic rings. The number of aliphatic hydroxyl groups excluding tert-OH is 1. The maximum absolute atomic E-state index is 12.3. The maximum atomic E-state index is 12.3. The molecule has 4 nitrogen and oxygen atoms in total. The van der Waals surface area contributed by atoms with Crippen molar-refractivity contribution < 1.29 is 18.3 Å². The van der Waals surface area contributed by atoms with Gasteiger partial charge in [-0.3, -0.25) is 9.88 Å². The molecule has 1 aliphatic rings. The van der Waals surface area contributed by atoms with E-state index < -0.39 is 12.7 Å². The summed E-state index contributed by atoms with van der Waals surface area (Å²) < 4.78 is 36.8. The standard InChI is InChI=1S/C12H16F3N3O/c13-12(14,15)9-17-3-5-18(6-4-17)11-7-16-2-1-10(11)8-19/h1-2,7,19H,3-6,8-9H2. The number of aliphatic hydroxyl groups is 1. The summed E-state index contributed by atoms with van der Waals surface area (Å²) in [6.45, 7) is 0.781. The second-order valence-electron chi connectivity index (χ2n) is 4.54. The summed E-state index contributed by atoms with van der Waals surface area (Å²) in [7, 11) is 0. The highest BCUT2D eigenvalue weighted by Gasteiger charge is 2.32. The van der Waals surface area contributed by atoms with Crippen LogP contribution in [0, 0.1) is 0 Å². The van der Waals surface area contributed by atoms with Gasteiger partial charge in [-0.15, -0.1) is 0 Å². The molecule has 19 heavy (non-hydrogen) atoms. The molecule has 2 heterocycles. The fourth-order valence-corrected chi connectivity index (χ4v) is 2.23. The van der Waals surface area contributed by atoms with E-state index in [9.17, 15) is 18.3 Å². The number of alkyl halides is 3. The third-order valence-electron chi connectivity index (χ3n) is 3.17. The Balaban J connectivity index is 1.96. The van der Waals surface area contributed by atoms with E-state index in [1.165, 1.54) is 4.90 Å². The van der Waals surface area contributed by atoms with Gasteiger partial charge in [-0.25, -0.2) is 0 Å². The number of nitrogens with zero attached hydrogens (tertiary/aromatic N) is 3. The van der Waals surface area contributed by atoms with Crippen LogP contribution >= 0.6 is 0 Å². The van der Waals surface area contributed by atoms with Crippen LogP contribution in [-0.2, 0) is 6.61 Å². The van der Waals surface area contributed by atoms with Crippen LogP contribution in [0.5, 0.6) is 0 Å². The molecule has 0 unspecified atom stereocenters. The van der Waals surface area contributed by atoms with Gasteiger partial charge in [0.1, 0.15) is 0 Å². The van der Waals surface area contributed by atoms with Crippen molar-refractivity contribution in [2.45, 2.75) is 12.8 Å². The first-order valence-corrected chi connectivity index (χ1v) is 6.07. The molecule has 7 heteroatoms. The van der Waals surface area contributed by atoms with E-state index in [4.69, 9.17) is 0 Å². The molecule has 1 aromatic heterocycles. The van der Waals surface area contributed by atoms with Gasteiger partial charge in [0, 0.05) is 37.9 Å². The summed E-state index contributed by atoms with van der Waals surface area (Å²) >= 11 is 0. The molecule has 0 spiro atoms. The van der Waals surface area contributed by atoms with Gasteiger partial charge >= 0.3 is 6.18 Å². The summed E-state index contributed by atoms with van der Waals surface area (Å²) in [5.41, 5.74) is 1.55. The second-order valence-corrected chi connectivity index (χ2v) is 4.54. The molecule has 0 amide bonds. The minimum Gasteiger partial charge on any atom is -0.392 e. The number of rotatable bonds is 3. The minimum absolute atomic E-state index is 0.0966. The summed E-state index contributed by atoms with van der Waals surface area (Å²) in [6.07, 6.45) is -0.910. The fraction of sp³-hybridized carbons (Fsp3) is 0.583. The topological polar surface area (TPSA) is 39.6 Å². The van der Waals surface area contributed by atoms with E-state index in [-0.39, 0.29) is 6.61 Å². The number of aromatic nitrogens is 1. The van der Waals surface area contributed by atoms with E-state index in [1.54, 1.807) is 18.5 Å². The lowest BCUT2D eigenvalue weighted by Gasteiger charge is -2.36. The smallest absolute Gasteiger partial charge is 0.392 e. The molecule has 1 fully saturated rings.